The molecule has 0 aliphatic carbocycles. The molecule has 13 heavy (non-hydrogen) atoms. The van der Waals surface area contributed by atoms with E-state index in [1.807, 2.05) is 22.6 Å². The minimum Gasteiger partial charge on any atom is -0.485 e. The van der Waals surface area contributed by atoms with Gasteiger partial charge in [0.05, 0.1) is 3.57 Å². The number of benzene rings is 1. The van der Waals surface area contributed by atoms with Crippen LogP contribution in [0.1, 0.15) is 0 Å². The van der Waals surface area contributed by atoms with E-state index in [-0.39, 0.29) is 5.69 Å². The van der Waals surface area contributed by atoms with Crippen LogP contribution in [0.3, 0.4) is 0 Å². The lowest BCUT2D eigenvalue weighted by Gasteiger charge is -2.21. The molecular formula is C8H7FINO2. The molecule has 1 aromatic rings. The molecule has 70 valence electrons. The van der Waals surface area contributed by atoms with Gasteiger partial charge in [-0.2, -0.15) is 0 Å². The molecule has 1 aliphatic heterocycles. The van der Waals surface area contributed by atoms with Gasteiger partial charge in [0.1, 0.15) is 18.9 Å². The Morgan fingerprint density at radius 3 is 2.62 bits per heavy atom. The number of halogens is 2. The van der Waals surface area contributed by atoms with Crippen molar-refractivity contribution >= 4 is 28.3 Å². The van der Waals surface area contributed by atoms with Crippen LogP contribution in [0, 0.1) is 9.39 Å². The second-order valence-electron chi connectivity index (χ2n) is 2.61. The zero-order valence-corrected chi connectivity index (χ0v) is 8.80. The number of hydrogen-bond acceptors (Lipinski definition) is 3. The van der Waals surface area contributed by atoms with Gasteiger partial charge in [0.15, 0.2) is 17.3 Å². The van der Waals surface area contributed by atoms with Crippen LogP contribution in [0.2, 0.25) is 0 Å². The van der Waals surface area contributed by atoms with E-state index in [1.165, 1.54) is 6.07 Å². The summed E-state index contributed by atoms with van der Waals surface area (Å²) in [7, 11) is 0. The van der Waals surface area contributed by atoms with Crippen LogP contribution in [-0.4, -0.2) is 13.2 Å². The van der Waals surface area contributed by atoms with Crippen molar-refractivity contribution in [2.45, 2.75) is 0 Å². The predicted octanol–water partition coefficient (Wildman–Crippen LogP) is 1.78. The number of fused-ring (bicyclic) bond motifs is 1. The molecule has 0 unspecified atom stereocenters. The lowest BCUT2D eigenvalue weighted by atomic mass is 10.2. The van der Waals surface area contributed by atoms with Gasteiger partial charge >= 0.3 is 0 Å². The highest BCUT2D eigenvalue weighted by molar-refractivity contribution is 14.1. The average Bonchev–Trinajstić information content (AvgIpc) is 2.15. The second-order valence-corrected chi connectivity index (χ2v) is 3.77. The average molecular weight is 295 g/mol. The molecule has 3 nitrogen and oxygen atoms in total. The third kappa shape index (κ3) is 1.41. The van der Waals surface area contributed by atoms with Crippen molar-refractivity contribution in [3.05, 3.63) is 15.5 Å². The fourth-order valence-electron chi connectivity index (χ4n) is 1.16. The third-order valence-electron chi connectivity index (χ3n) is 1.75. The van der Waals surface area contributed by atoms with Crippen LogP contribution >= 0.6 is 22.6 Å². The van der Waals surface area contributed by atoms with Gasteiger partial charge in [0.25, 0.3) is 0 Å². The molecule has 0 atom stereocenters. The lowest BCUT2D eigenvalue weighted by Crippen LogP contribution is -2.17. The van der Waals surface area contributed by atoms with Gasteiger partial charge in [0, 0.05) is 0 Å². The van der Waals surface area contributed by atoms with Gasteiger partial charge < -0.3 is 15.2 Å². The first-order valence-corrected chi connectivity index (χ1v) is 4.81. The number of hydrogen-bond donors (Lipinski definition) is 1. The monoisotopic (exact) mass is 295 g/mol. The van der Waals surface area contributed by atoms with Crippen LogP contribution in [0.25, 0.3) is 0 Å². The molecule has 0 spiro atoms. The molecule has 2 N–H and O–H groups in total. The number of rotatable bonds is 0. The Bertz CT molecular complexity index is 356. The van der Waals surface area contributed by atoms with E-state index < -0.39 is 5.82 Å². The largest absolute Gasteiger partial charge is 0.485 e. The van der Waals surface area contributed by atoms with Gasteiger partial charge in [-0.3, -0.25) is 0 Å². The van der Waals surface area contributed by atoms with Gasteiger partial charge in [-0.1, -0.05) is 0 Å². The van der Waals surface area contributed by atoms with Crippen molar-refractivity contribution in [2.24, 2.45) is 0 Å². The van der Waals surface area contributed by atoms with E-state index in [4.69, 9.17) is 15.2 Å². The highest BCUT2D eigenvalue weighted by Crippen LogP contribution is 2.40. The van der Waals surface area contributed by atoms with Gasteiger partial charge in [0.2, 0.25) is 0 Å². The van der Waals surface area contributed by atoms with Gasteiger partial charge in [-0.25, -0.2) is 4.39 Å². The molecule has 0 saturated heterocycles. The Hall–Kier alpha value is -0.720. The van der Waals surface area contributed by atoms with Gasteiger partial charge in [-0.15, -0.1) is 0 Å². The minimum absolute atomic E-state index is 0.0233. The normalized spacial score (nSPS) is 14.3. The zero-order chi connectivity index (χ0) is 9.42. The Kier molecular flexibility index (Phi) is 2.19. The van der Waals surface area contributed by atoms with E-state index in [0.717, 1.165) is 0 Å². The van der Waals surface area contributed by atoms with Crippen molar-refractivity contribution in [1.82, 2.24) is 0 Å². The number of nitrogens with two attached hydrogens (primary N) is 1. The lowest BCUT2D eigenvalue weighted by molar-refractivity contribution is 0.170. The first kappa shape index (κ1) is 8.86. The standard InChI is InChI=1S/C8H7FINO2/c9-4-3-5(10)7-8(6(4)11)13-2-1-12-7/h3H,1-2,11H2. The van der Waals surface area contributed by atoms with E-state index >= 15 is 0 Å². The topological polar surface area (TPSA) is 44.5 Å². The van der Waals surface area contributed by atoms with Crippen molar-refractivity contribution in [3.8, 4) is 11.5 Å². The first-order chi connectivity index (χ1) is 6.20. The van der Waals surface area contributed by atoms with Gasteiger partial charge in [-0.05, 0) is 28.7 Å². The van der Waals surface area contributed by atoms with Crippen LogP contribution in [0.15, 0.2) is 6.07 Å². The highest BCUT2D eigenvalue weighted by atomic mass is 127. The molecule has 0 fully saturated rings. The molecule has 0 amide bonds. The van der Waals surface area contributed by atoms with Crippen LogP contribution < -0.4 is 15.2 Å². The summed E-state index contributed by atoms with van der Waals surface area (Å²) < 4.78 is 24.3. The van der Waals surface area contributed by atoms with E-state index in [1.54, 1.807) is 0 Å². The summed E-state index contributed by atoms with van der Waals surface area (Å²) in [6.45, 7) is 0.894. The summed E-state index contributed by atoms with van der Waals surface area (Å²) >= 11 is 1.98. The molecule has 2 rings (SSSR count). The van der Waals surface area contributed by atoms with Crippen LogP contribution in [0.4, 0.5) is 10.1 Å². The van der Waals surface area contributed by atoms with Crippen molar-refractivity contribution in [2.75, 3.05) is 18.9 Å². The van der Waals surface area contributed by atoms with E-state index in [2.05, 4.69) is 0 Å². The second kappa shape index (κ2) is 3.21. The maximum absolute atomic E-state index is 13.1. The Morgan fingerprint density at radius 2 is 1.92 bits per heavy atom. The zero-order valence-electron chi connectivity index (χ0n) is 6.64. The molecule has 1 aromatic carbocycles. The molecule has 5 heteroatoms. The smallest absolute Gasteiger partial charge is 0.188 e. The Balaban J connectivity index is 2.63. The summed E-state index contributed by atoms with van der Waals surface area (Å²) in [5, 5.41) is 0. The molecule has 1 aliphatic rings. The minimum atomic E-state index is -0.464. The number of anilines is 1. The first-order valence-electron chi connectivity index (χ1n) is 3.73. The molecule has 1 heterocycles. The SMILES string of the molecule is Nc1c(F)cc(I)c2c1OCCO2. The van der Waals surface area contributed by atoms with Crippen molar-refractivity contribution < 1.29 is 13.9 Å². The van der Waals surface area contributed by atoms with Crippen LogP contribution in [0.5, 0.6) is 11.5 Å². The summed E-state index contributed by atoms with van der Waals surface area (Å²) in [6, 6.07) is 1.34. The highest BCUT2D eigenvalue weighted by Gasteiger charge is 2.20. The summed E-state index contributed by atoms with van der Waals surface area (Å²) in [4.78, 5) is 0. The summed E-state index contributed by atoms with van der Waals surface area (Å²) in [5.74, 6) is 0.412. The number of nitrogen functional groups attached to an aromatic ring is 1. The molecule has 0 bridgehead atoms. The summed E-state index contributed by atoms with van der Waals surface area (Å²) in [6.07, 6.45) is 0. The quantitative estimate of drug-likeness (QED) is 0.586. The molecule has 0 saturated carbocycles. The maximum atomic E-state index is 13.1. The Morgan fingerprint density at radius 1 is 1.31 bits per heavy atom. The van der Waals surface area contributed by atoms with E-state index in [0.29, 0.717) is 28.3 Å². The molecule has 0 radical (unpaired) electrons. The fourth-order valence-corrected chi connectivity index (χ4v) is 1.83. The number of ether oxygens (including phenoxy) is 2. The third-order valence-corrected chi connectivity index (χ3v) is 2.56. The molecule has 0 aromatic heterocycles. The molecular weight excluding hydrogens is 288 g/mol. The van der Waals surface area contributed by atoms with Crippen molar-refractivity contribution in [3.63, 3.8) is 0 Å². The predicted molar refractivity (Wildman–Crippen MR) is 54.5 cm³/mol. The fraction of sp³-hybridized carbons (Fsp3) is 0.250. The van der Waals surface area contributed by atoms with Crippen LogP contribution in [-0.2, 0) is 0 Å². The Labute approximate surface area is 88.1 Å². The summed E-state index contributed by atoms with van der Waals surface area (Å²) in [5.41, 5.74) is 5.51. The van der Waals surface area contributed by atoms with Crippen molar-refractivity contribution in [1.29, 1.82) is 0 Å². The maximum Gasteiger partial charge on any atom is 0.188 e. The van der Waals surface area contributed by atoms with E-state index in [9.17, 15) is 4.39 Å².